The van der Waals surface area contributed by atoms with Crippen LogP contribution in [0.25, 0.3) is 56.4 Å². The fourth-order valence-corrected chi connectivity index (χ4v) is 7.88. The Bertz CT molecular complexity index is 2770. The van der Waals surface area contributed by atoms with Gasteiger partial charge in [-0.05, 0) is 113 Å². The van der Waals surface area contributed by atoms with Crippen LogP contribution in [0.15, 0.2) is 249 Å². The molecule has 9 aromatic carbocycles. The van der Waals surface area contributed by atoms with Gasteiger partial charge in [-0.1, -0.05) is 158 Å². The molecule has 0 aliphatic rings. The molecule has 294 valence electrons. The van der Waals surface area contributed by atoms with Crippen LogP contribution < -0.4 is 9.80 Å². The van der Waals surface area contributed by atoms with Crippen LogP contribution in [0.3, 0.4) is 0 Å². The molecule has 0 fully saturated rings. The maximum absolute atomic E-state index is 5.18. The normalized spacial score (nSPS) is 10.9. The number of para-hydroxylation sites is 4. The van der Waals surface area contributed by atoms with Crippen LogP contribution in [0.4, 0.5) is 34.1 Å². The first-order chi connectivity index (χ1) is 30.7. The summed E-state index contributed by atoms with van der Waals surface area (Å²) in [5.41, 5.74) is 13.4. The number of aromatic nitrogens is 3. The van der Waals surface area contributed by atoms with Gasteiger partial charge in [0.05, 0.1) is 0 Å². The van der Waals surface area contributed by atoms with Gasteiger partial charge in [0.2, 0.25) is 0 Å². The standard InChI is InChI=1S/C57H41N5/c1-7-21-42(22-8-1)55-58-56(43-23-9-2-10-24-43)60-57(59-55)48-38-46(44-25-19-35-53(40-44)61(49-27-11-3-12-28-49)50-29-13-4-14-30-50)37-47(39-48)45-26-20-36-54(41-45)62(51-31-15-5-16-32-51)52-33-17-6-18-34-52/h1-41H. The highest BCUT2D eigenvalue weighted by molar-refractivity contribution is 5.86. The fourth-order valence-electron chi connectivity index (χ4n) is 7.88. The minimum atomic E-state index is 0.596. The zero-order valence-corrected chi connectivity index (χ0v) is 33.9. The molecule has 10 rings (SSSR count). The van der Waals surface area contributed by atoms with Crippen LogP contribution in [-0.2, 0) is 0 Å². The Morgan fingerprint density at radius 2 is 0.452 bits per heavy atom. The summed E-state index contributed by atoms with van der Waals surface area (Å²) in [7, 11) is 0. The van der Waals surface area contributed by atoms with Gasteiger partial charge in [-0.2, -0.15) is 0 Å². The van der Waals surface area contributed by atoms with Gasteiger partial charge in [0.1, 0.15) is 0 Å². The van der Waals surface area contributed by atoms with Gasteiger partial charge in [0, 0.05) is 50.8 Å². The van der Waals surface area contributed by atoms with Crippen molar-refractivity contribution in [2.24, 2.45) is 0 Å². The Labute approximate surface area is 362 Å². The number of hydrogen-bond donors (Lipinski definition) is 0. The predicted molar refractivity (Wildman–Crippen MR) is 256 cm³/mol. The van der Waals surface area contributed by atoms with Crippen molar-refractivity contribution in [3.05, 3.63) is 249 Å². The third-order valence-electron chi connectivity index (χ3n) is 10.8. The lowest BCUT2D eigenvalue weighted by Crippen LogP contribution is -2.09. The predicted octanol–water partition coefficient (Wildman–Crippen LogP) is 15.1. The van der Waals surface area contributed by atoms with E-state index < -0.39 is 0 Å². The summed E-state index contributed by atoms with van der Waals surface area (Å²) in [6.07, 6.45) is 0. The van der Waals surface area contributed by atoms with Crippen molar-refractivity contribution in [1.82, 2.24) is 15.0 Å². The molecule has 0 radical (unpaired) electrons. The summed E-state index contributed by atoms with van der Waals surface area (Å²) in [6, 6.07) is 86.5. The zero-order chi connectivity index (χ0) is 41.5. The number of anilines is 6. The maximum Gasteiger partial charge on any atom is 0.164 e. The van der Waals surface area contributed by atoms with Gasteiger partial charge in [0.15, 0.2) is 17.5 Å². The topological polar surface area (TPSA) is 45.2 Å². The zero-order valence-electron chi connectivity index (χ0n) is 33.9. The molecular formula is C57H41N5. The van der Waals surface area contributed by atoms with Gasteiger partial charge < -0.3 is 9.80 Å². The lowest BCUT2D eigenvalue weighted by molar-refractivity contribution is 1.07. The summed E-state index contributed by atoms with van der Waals surface area (Å²) in [5, 5.41) is 0. The van der Waals surface area contributed by atoms with Crippen LogP contribution in [0.1, 0.15) is 0 Å². The Kier molecular flexibility index (Phi) is 10.6. The molecule has 1 aromatic heterocycles. The monoisotopic (exact) mass is 795 g/mol. The molecule has 0 saturated heterocycles. The van der Waals surface area contributed by atoms with Crippen molar-refractivity contribution < 1.29 is 0 Å². The first kappa shape index (κ1) is 37.8. The van der Waals surface area contributed by atoms with E-state index in [0.29, 0.717) is 17.5 Å². The molecule has 0 bridgehead atoms. The Hall–Kier alpha value is -8.41. The molecule has 0 amide bonds. The first-order valence-corrected chi connectivity index (χ1v) is 20.8. The third kappa shape index (κ3) is 8.11. The number of rotatable bonds is 11. The van der Waals surface area contributed by atoms with E-state index in [1.807, 2.05) is 60.7 Å². The van der Waals surface area contributed by atoms with Gasteiger partial charge in [-0.25, -0.2) is 15.0 Å². The largest absolute Gasteiger partial charge is 0.310 e. The maximum atomic E-state index is 5.18. The van der Waals surface area contributed by atoms with Crippen molar-refractivity contribution >= 4 is 34.1 Å². The second-order valence-corrected chi connectivity index (χ2v) is 15.0. The number of nitrogens with zero attached hydrogens (tertiary/aromatic N) is 5. The summed E-state index contributed by atoms with van der Waals surface area (Å²) in [5.74, 6) is 1.83. The molecule has 0 aliphatic carbocycles. The van der Waals surface area contributed by atoms with Crippen LogP contribution in [0.2, 0.25) is 0 Å². The van der Waals surface area contributed by atoms with Crippen LogP contribution in [-0.4, -0.2) is 15.0 Å². The molecule has 0 spiro atoms. The lowest BCUT2D eigenvalue weighted by Gasteiger charge is -2.26. The average molecular weight is 796 g/mol. The highest BCUT2D eigenvalue weighted by Gasteiger charge is 2.18. The minimum absolute atomic E-state index is 0.596. The van der Waals surface area contributed by atoms with E-state index in [1.165, 1.54) is 0 Å². The Morgan fingerprint density at radius 1 is 0.194 bits per heavy atom. The van der Waals surface area contributed by atoms with E-state index >= 15 is 0 Å². The highest BCUT2D eigenvalue weighted by Crippen LogP contribution is 2.41. The summed E-state index contributed by atoms with van der Waals surface area (Å²) in [4.78, 5) is 20.0. The highest BCUT2D eigenvalue weighted by atomic mass is 15.1. The molecule has 1 heterocycles. The van der Waals surface area contributed by atoms with E-state index in [4.69, 9.17) is 15.0 Å². The second kappa shape index (κ2) is 17.4. The summed E-state index contributed by atoms with van der Waals surface area (Å²) < 4.78 is 0. The average Bonchev–Trinajstić information content (AvgIpc) is 3.36. The molecule has 5 nitrogen and oxygen atoms in total. The quantitative estimate of drug-likeness (QED) is 0.130. The molecule has 0 N–H and O–H groups in total. The lowest BCUT2D eigenvalue weighted by atomic mass is 9.95. The van der Waals surface area contributed by atoms with Crippen molar-refractivity contribution in [2.45, 2.75) is 0 Å². The van der Waals surface area contributed by atoms with Crippen molar-refractivity contribution in [1.29, 1.82) is 0 Å². The molecule has 0 aliphatic heterocycles. The SMILES string of the molecule is c1ccc(-c2nc(-c3ccccc3)nc(-c3cc(-c4cccc(N(c5ccccc5)c5ccccc5)c4)cc(-c4cccc(N(c5ccccc5)c5ccccc5)c4)c3)n2)cc1. The Balaban J connectivity index is 1.17. The van der Waals surface area contributed by atoms with E-state index in [2.05, 4.69) is 198 Å². The number of benzene rings is 9. The second-order valence-electron chi connectivity index (χ2n) is 15.0. The molecular weight excluding hydrogens is 755 g/mol. The number of hydrogen-bond acceptors (Lipinski definition) is 5. The first-order valence-electron chi connectivity index (χ1n) is 20.8. The third-order valence-corrected chi connectivity index (χ3v) is 10.8. The van der Waals surface area contributed by atoms with Gasteiger partial charge in [-0.3, -0.25) is 0 Å². The van der Waals surface area contributed by atoms with E-state index in [0.717, 1.165) is 73.1 Å². The van der Waals surface area contributed by atoms with Crippen LogP contribution >= 0.6 is 0 Å². The minimum Gasteiger partial charge on any atom is -0.310 e. The van der Waals surface area contributed by atoms with Gasteiger partial charge in [0.25, 0.3) is 0 Å². The summed E-state index contributed by atoms with van der Waals surface area (Å²) in [6.45, 7) is 0. The fraction of sp³-hybridized carbons (Fsp3) is 0. The molecule has 0 unspecified atom stereocenters. The molecule has 0 saturated carbocycles. The van der Waals surface area contributed by atoms with E-state index in [-0.39, 0.29) is 0 Å². The van der Waals surface area contributed by atoms with Crippen molar-refractivity contribution in [3.63, 3.8) is 0 Å². The van der Waals surface area contributed by atoms with Crippen LogP contribution in [0.5, 0.6) is 0 Å². The van der Waals surface area contributed by atoms with Gasteiger partial charge in [-0.15, -0.1) is 0 Å². The van der Waals surface area contributed by atoms with Gasteiger partial charge >= 0.3 is 0 Å². The molecule has 62 heavy (non-hydrogen) atoms. The Morgan fingerprint density at radius 3 is 0.790 bits per heavy atom. The van der Waals surface area contributed by atoms with E-state index in [1.54, 1.807) is 0 Å². The van der Waals surface area contributed by atoms with Crippen molar-refractivity contribution in [2.75, 3.05) is 9.80 Å². The van der Waals surface area contributed by atoms with Crippen LogP contribution in [0, 0.1) is 0 Å². The molecule has 0 atom stereocenters. The smallest absolute Gasteiger partial charge is 0.164 e. The summed E-state index contributed by atoms with van der Waals surface area (Å²) >= 11 is 0. The van der Waals surface area contributed by atoms with Crippen molar-refractivity contribution in [3.8, 4) is 56.4 Å². The molecule has 5 heteroatoms. The van der Waals surface area contributed by atoms with E-state index in [9.17, 15) is 0 Å². The molecule has 10 aromatic rings.